The Morgan fingerprint density at radius 3 is 1.86 bits per heavy atom. The van der Waals surface area contributed by atoms with Crippen LogP contribution in [-0.2, 0) is 54.3 Å². The minimum Gasteiger partial charge on any atom is -0.448 e. The predicted molar refractivity (Wildman–Crippen MR) is 232 cm³/mol. The highest BCUT2D eigenvalue weighted by molar-refractivity contribution is 6.00. The fourth-order valence-electron chi connectivity index (χ4n) is 6.87. The number of benzene rings is 1. The summed E-state index contributed by atoms with van der Waals surface area (Å²) in [5.41, 5.74) is 14.3. The van der Waals surface area contributed by atoms with Gasteiger partial charge >= 0.3 is 5.97 Å². The molecule has 0 bridgehead atoms. The van der Waals surface area contributed by atoms with Crippen molar-refractivity contribution in [3.05, 3.63) is 35.9 Å². The number of nitrogens with two attached hydrogens (primary N) is 1. The zero-order valence-corrected chi connectivity index (χ0v) is 38.2. The predicted octanol–water partition coefficient (Wildman–Crippen LogP) is -3.79. The molecule has 21 nitrogen and oxygen atoms in total. The Morgan fingerprint density at radius 2 is 1.30 bits per heavy atom. The molecule has 0 radical (unpaired) electrons. The minimum atomic E-state index is -2.21. The molecule has 9 atom stereocenters. The highest BCUT2D eigenvalue weighted by Crippen LogP contribution is 2.14. The van der Waals surface area contributed by atoms with Gasteiger partial charge in [-0.15, -0.1) is 0 Å². The van der Waals surface area contributed by atoms with Crippen molar-refractivity contribution >= 4 is 53.2 Å². The van der Waals surface area contributed by atoms with Gasteiger partial charge in [-0.25, -0.2) is 4.79 Å². The van der Waals surface area contributed by atoms with Crippen LogP contribution in [0.5, 0.6) is 0 Å². The molecule has 1 aromatic carbocycles. The maximum absolute atomic E-state index is 13.9. The van der Waals surface area contributed by atoms with E-state index in [1.54, 1.807) is 13.8 Å². The van der Waals surface area contributed by atoms with Crippen LogP contribution < -0.4 is 54.4 Å². The first-order valence-electron chi connectivity index (χ1n) is 22.0. The van der Waals surface area contributed by atoms with E-state index in [9.17, 15) is 48.3 Å². The van der Waals surface area contributed by atoms with E-state index in [1.165, 1.54) is 6.92 Å². The summed E-state index contributed by atoms with van der Waals surface area (Å²) in [4.78, 5) is 122. The molecule has 0 aromatic heterocycles. The van der Waals surface area contributed by atoms with Crippen LogP contribution in [0.1, 0.15) is 92.6 Å². The zero-order chi connectivity index (χ0) is 48.3. The normalized spacial score (nSPS) is 21.6. The molecular weight excluding hydrogens is 833 g/mol. The number of nitrogens with one attached hydrogen (secondary N) is 7. The van der Waals surface area contributed by atoms with Crippen molar-refractivity contribution < 1.29 is 64.5 Å². The number of aliphatic hydroxyl groups is 1. The summed E-state index contributed by atoms with van der Waals surface area (Å²) in [5.74, 6) is -8.93. The number of ether oxygens (including phenoxy) is 1. The standard InChI is InChI=1S/C43H70N10O11/c1-22(2)17-29-40(60)51-31(19-24(5)6)43(63)64-34(35(46)55)33(42(62)47-25(7)36(56)49-29)53-41(61)32(21-54)52-38(58)28(15-11-12-16-44)48-39(59)30(18-23(3)4)50-37(57)27(45)20-26-13-9-8-10-14-26/h8-10,13-14,22-25,27-34,54H,11-12,15-21,44-45H2,1-7H3,(H2,46,55)(H,47,62)(H,48,59)(H,49,56)(H,50,57)(H,51,60)(H,52,58)(H,53,61)/p+2/t25-,27-,28+,29-,30+,31-,32-,33+,34-/m0/s1. The molecule has 0 saturated carbocycles. The number of unbranched alkanes of at least 4 members (excludes halogenated alkanes) is 1. The summed E-state index contributed by atoms with van der Waals surface area (Å²) in [5, 5.41) is 27.9. The second kappa shape index (κ2) is 26.8. The lowest BCUT2D eigenvalue weighted by Crippen LogP contribution is -2.70. The highest BCUT2D eigenvalue weighted by atomic mass is 16.6. The first-order valence-corrected chi connectivity index (χ1v) is 22.0. The number of carbonyl (C=O) groups excluding carboxylic acids is 9. The van der Waals surface area contributed by atoms with E-state index in [4.69, 9.17) is 10.5 Å². The van der Waals surface area contributed by atoms with Crippen molar-refractivity contribution in [2.75, 3.05) is 13.2 Å². The van der Waals surface area contributed by atoms with Crippen molar-refractivity contribution in [2.24, 2.45) is 23.5 Å². The molecule has 2 rings (SSSR count). The fourth-order valence-corrected chi connectivity index (χ4v) is 6.87. The third kappa shape index (κ3) is 18.2. The van der Waals surface area contributed by atoms with Crippen molar-refractivity contribution in [3.63, 3.8) is 0 Å². The van der Waals surface area contributed by atoms with E-state index in [1.807, 2.05) is 58.0 Å². The summed E-state index contributed by atoms with van der Waals surface area (Å²) in [6.45, 7) is 11.6. The third-order valence-electron chi connectivity index (χ3n) is 10.3. The van der Waals surface area contributed by atoms with Gasteiger partial charge < -0.3 is 64.3 Å². The fraction of sp³-hybridized carbons (Fsp3) is 0.651. The van der Waals surface area contributed by atoms with E-state index < -0.39 is 114 Å². The Morgan fingerprint density at radius 1 is 0.734 bits per heavy atom. The number of amides is 8. The van der Waals surface area contributed by atoms with Crippen LogP contribution in [0.3, 0.4) is 0 Å². The number of aliphatic hydroxyl groups excluding tert-OH is 1. The third-order valence-corrected chi connectivity index (χ3v) is 10.3. The Hall–Kier alpha value is -5.67. The molecule has 1 fully saturated rings. The van der Waals surface area contributed by atoms with E-state index in [0.717, 1.165) is 5.56 Å². The largest absolute Gasteiger partial charge is 0.448 e. The van der Waals surface area contributed by atoms with Crippen LogP contribution in [-0.4, -0.2) is 126 Å². The topological polar surface area (TPSA) is 349 Å². The van der Waals surface area contributed by atoms with Crippen LogP contribution in [0.25, 0.3) is 0 Å². The van der Waals surface area contributed by atoms with Gasteiger partial charge in [-0.1, -0.05) is 71.9 Å². The number of primary amides is 1. The van der Waals surface area contributed by atoms with Crippen molar-refractivity contribution in [1.29, 1.82) is 0 Å². The molecule has 1 aliphatic heterocycles. The number of hydrogen-bond acceptors (Lipinski definition) is 11. The van der Waals surface area contributed by atoms with Gasteiger partial charge in [0.15, 0.2) is 12.1 Å². The maximum Gasteiger partial charge on any atom is 0.329 e. The highest BCUT2D eigenvalue weighted by Gasteiger charge is 2.42. The molecule has 1 heterocycles. The first-order chi connectivity index (χ1) is 30.1. The monoisotopic (exact) mass is 905 g/mol. The second-order valence-corrected chi connectivity index (χ2v) is 17.6. The Labute approximate surface area is 374 Å². The first kappa shape index (κ1) is 54.5. The van der Waals surface area contributed by atoms with Gasteiger partial charge in [-0.2, -0.15) is 0 Å². The van der Waals surface area contributed by atoms with Gasteiger partial charge in [0.2, 0.25) is 41.5 Å². The number of hydrogen-bond donors (Lipinski definition) is 11. The number of rotatable bonds is 22. The number of esters is 1. The number of carbonyl (C=O) groups is 9. The molecule has 8 amide bonds. The lowest BCUT2D eigenvalue weighted by molar-refractivity contribution is -0.403. The molecule has 21 heteroatoms. The SMILES string of the molecule is CC(C)C[C@@H]1NC(=O)[C@H](C)NC(=O)[C@H](NC(=O)[C@H](CO)NC(=O)[C@@H](CCCC[NH3+])NC(=O)[C@@H](CC(C)C)NC(=O)[C@@H]([NH3+])Cc2ccccc2)[C@@H](C(N)=O)OC(=O)[C@H](CC(C)C)NC1=O. The molecular formula is C43H72N10O11+2. The second-order valence-electron chi connectivity index (χ2n) is 17.6. The average Bonchev–Trinajstić information content (AvgIpc) is 3.22. The molecule has 0 aliphatic carbocycles. The molecule has 358 valence electrons. The summed E-state index contributed by atoms with van der Waals surface area (Å²) < 4.78 is 5.46. The Bertz CT molecular complexity index is 1760. The van der Waals surface area contributed by atoms with E-state index in [0.29, 0.717) is 25.8 Å². The van der Waals surface area contributed by atoms with Gasteiger partial charge in [-0.3, -0.25) is 38.4 Å². The molecule has 0 unspecified atom stereocenters. The molecule has 64 heavy (non-hydrogen) atoms. The summed E-state index contributed by atoms with van der Waals surface area (Å²) in [7, 11) is 0. The van der Waals surface area contributed by atoms with Gasteiger partial charge in [0, 0.05) is 6.42 Å². The molecule has 1 aliphatic rings. The maximum atomic E-state index is 13.9. The van der Waals surface area contributed by atoms with Gasteiger partial charge in [0.25, 0.3) is 11.8 Å². The summed E-state index contributed by atoms with van der Waals surface area (Å²) in [6.07, 6.45) is -0.460. The molecule has 1 saturated heterocycles. The summed E-state index contributed by atoms with van der Waals surface area (Å²) in [6, 6.07) is -1.65. The van der Waals surface area contributed by atoms with Gasteiger partial charge in [0.1, 0.15) is 36.3 Å². The van der Waals surface area contributed by atoms with Crippen LogP contribution in [0.15, 0.2) is 30.3 Å². The van der Waals surface area contributed by atoms with E-state index in [-0.39, 0.29) is 43.4 Å². The van der Waals surface area contributed by atoms with Crippen LogP contribution in [0, 0.1) is 17.8 Å². The van der Waals surface area contributed by atoms with Crippen molar-refractivity contribution in [3.8, 4) is 0 Å². The minimum absolute atomic E-state index is 0.0122. The average molecular weight is 905 g/mol. The van der Waals surface area contributed by atoms with Crippen LogP contribution in [0.2, 0.25) is 0 Å². The van der Waals surface area contributed by atoms with Crippen molar-refractivity contribution in [2.45, 2.75) is 148 Å². The molecule has 1 aromatic rings. The number of quaternary nitrogens is 2. The smallest absolute Gasteiger partial charge is 0.329 e. The quantitative estimate of drug-likeness (QED) is 0.0396. The summed E-state index contributed by atoms with van der Waals surface area (Å²) >= 11 is 0. The Kier molecular flexibility index (Phi) is 22.8. The van der Waals surface area contributed by atoms with Gasteiger partial charge in [-0.05, 0) is 68.8 Å². The van der Waals surface area contributed by atoms with E-state index in [2.05, 4.69) is 48.7 Å². The van der Waals surface area contributed by atoms with E-state index >= 15 is 0 Å². The Balaban J connectivity index is 2.42. The zero-order valence-electron chi connectivity index (χ0n) is 38.2. The van der Waals surface area contributed by atoms with Gasteiger partial charge in [0.05, 0.1) is 13.2 Å². The van der Waals surface area contributed by atoms with Crippen LogP contribution >= 0.6 is 0 Å². The lowest BCUT2D eigenvalue weighted by Gasteiger charge is -2.29. The molecule has 16 N–H and O–H groups in total. The molecule has 0 spiro atoms. The number of cyclic esters (lactones) is 1. The lowest BCUT2D eigenvalue weighted by atomic mass is 10.00. The van der Waals surface area contributed by atoms with Crippen LogP contribution in [0.4, 0.5) is 0 Å². The van der Waals surface area contributed by atoms with Crippen molar-refractivity contribution in [1.82, 2.24) is 37.2 Å².